The molecule has 1 heterocycles. The number of rotatable bonds is 5. The Hall–Kier alpha value is -1.20. The van der Waals surface area contributed by atoms with Crippen molar-refractivity contribution in [2.45, 2.75) is 51.8 Å². The Bertz CT molecular complexity index is 607. The highest BCUT2D eigenvalue weighted by molar-refractivity contribution is 6.31. The normalized spacial score (nSPS) is 17.7. The average molecular weight is 391 g/mol. The van der Waals surface area contributed by atoms with Crippen molar-refractivity contribution >= 4 is 35.0 Å². The molecule has 0 aliphatic carbocycles. The van der Waals surface area contributed by atoms with Crippen LogP contribution in [0.4, 0.5) is 14.9 Å². The minimum absolute atomic E-state index is 0.0650. The number of likely N-dealkylation sites (tertiary alicyclic amines) is 1. The SMILES string of the molecule is CC(C)(C)OC(=O)N1CCC[C@H]1N(CCCCl)c1ccc(F)c(Cl)c1. The molecule has 1 aliphatic rings. The van der Waals surface area contributed by atoms with Crippen molar-refractivity contribution in [3.05, 3.63) is 29.0 Å². The van der Waals surface area contributed by atoms with Gasteiger partial charge < -0.3 is 9.64 Å². The highest BCUT2D eigenvalue weighted by Gasteiger charge is 2.36. The molecule has 0 bridgehead atoms. The van der Waals surface area contributed by atoms with Gasteiger partial charge in [-0.1, -0.05) is 11.6 Å². The second-order valence-corrected chi connectivity index (χ2v) is 7.92. The molecule has 7 heteroatoms. The number of benzene rings is 1. The number of alkyl halides is 1. The summed E-state index contributed by atoms with van der Waals surface area (Å²) in [5, 5.41) is 0.0650. The van der Waals surface area contributed by atoms with Crippen molar-refractivity contribution < 1.29 is 13.9 Å². The van der Waals surface area contributed by atoms with Crippen molar-refractivity contribution in [2.75, 3.05) is 23.9 Å². The van der Waals surface area contributed by atoms with E-state index in [0.29, 0.717) is 19.0 Å². The molecule has 0 radical (unpaired) electrons. The number of amides is 1. The molecule has 0 spiro atoms. The van der Waals surface area contributed by atoms with Crippen molar-refractivity contribution in [1.82, 2.24) is 4.90 Å². The first-order valence-electron chi connectivity index (χ1n) is 8.50. The van der Waals surface area contributed by atoms with Crippen LogP contribution in [0.5, 0.6) is 0 Å². The first kappa shape index (κ1) is 20.1. The summed E-state index contributed by atoms with van der Waals surface area (Å²) in [7, 11) is 0. The molecule has 1 saturated heterocycles. The second kappa shape index (κ2) is 8.45. The van der Waals surface area contributed by atoms with Crippen LogP contribution in [0.3, 0.4) is 0 Å². The molecule has 1 aromatic rings. The molecule has 1 aliphatic heterocycles. The van der Waals surface area contributed by atoms with Crippen LogP contribution in [0, 0.1) is 5.82 Å². The van der Waals surface area contributed by atoms with Crippen LogP contribution in [-0.4, -0.2) is 41.7 Å². The number of nitrogens with zero attached hydrogens (tertiary/aromatic N) is 2. The first-order chi connectivity index (χ1) is 11.7. The van der Waals surface area contributed by atoms with Gasteiger partial charge in [-0.05, 0) is 58.2 Å². The van der Waals surface area contributed by atoms with E-state index in [1.165, 1.54) is 6.07 Å². The summed E-state index contributed by atoms with van der Waals surface area (Å²) < 4.78 is 19.1. The van der Waals surface area contributed by atoms with Crippen LogP contribution in [0.25, 0.3) is 0 Å². The van der Waals surface area contributed by atoms with Gasteiger partial charge in [-0.25, -0.2) is 9.18 Å². The van der Waals surface area contributed by atoms with Crippen molar-refractivity contribution in [1.29, 1.82) is 0 Å². The van der Waals surface area contributed by atoms with E-state index in [2.05, 4.69) is 4.90 Å². The summed E-state index contributed by atoms with van der Waals surface area (Å²) in [5.41, 5.74) is 0.224. The molecule has 25 heavy (non-hydrogen) atoms. The zero-order valence-electron chi connectivity index (χ0n) is 14.9. The Morgan fingerprint density at radius 1 is 1.44 bits per heavy atom. The lowest BCUT2D eigenvalue weighted by Gasteiger charge is -2.37. The maximum atomic E-state index is 13.5. The second-order valence-electron chi connectivity index (χ2n) is 7.13. The summed E-state index contributed by atoms with van der Waals surface area (Å²) in [5.74, 6) is 0.0445. The van der Waals surface area contributed by atoms with Gasteiger partial charge in [0, 0.05) is 24.7 Å². The third-order valence-corrected chi connectivity index (χ3v) is 4.53. The summed E-state index contributed by atoms with van der Waals surface area (Å²) in [6.07, 6.45) is 1.96. The van der Waals surface area contributed by atoms with Crippen LogP contribution >= 0.6 is 23.2 Å². The van der Waals surface area contributed by atoms with E-state index in [1.807, 2.05) is 20.8 Å². The molecule has 4 nitrogen and oxygen atoms in total. The van der Waals surface area contributed by atoms with Gasteiger partial charge in [-0.2, -0.15) is 0 Å². The maximum Gasteiger partial charge on any atom is 0.411 e. The van der Waals surface area contributed by atoms with Gasteiger partial charge >= 0.3 is 6.09 Å². The molecule has 0 N–H and O–H groups in total. The fraction of sp³-hybridized carbons (Fsp3) is 0.611. The Kier molecular flexibility index (Phi) is 6.80. The molecule has 1 aromatic carbocycles. The number of anilines is 1. The molecule has 140 valence electrons. The van der Waals surface area contributed by atoms with E-state index < -0.39 is 11.4 Å². The zero-order valence-corrected chi connectivity index (χ0v) is 16.4. The number of hydrogen-bond acceptors (Lipinski definition) is 3. The van der Waals surface area contributed by atoms with E-state index in [9.17, 15) is 9.18 Å². The van der Waals surface area contributed by atoms with Gasteiger partial charge in [-0.15, -0.1) is 11.6 Å². The molecule has 1 atom stereocenters. The smallest absolute Gasteiger partial charge is 0.411 e. The lowest BCUT2D eigenvalue weighted by atomic mass is 10.2. The standard InChI is InChI=1S/C18H25Cl2FN2O2/c1-18(2,3)25-17(24)23-10-4-6-16(23)22(11-5-9-19)13-7-8-15(21)14(20)12-13/h7-8,12,16H,4-6,9-11H2,1-3H3/t16-/m0/s1. The van der Waals surface area contributed by atoms with Crippen molar-refractivity contribution in [3.63, 3.8) is 0 Å². The molecule has 2 rings (SSSR count). The summed E-state index contributed by atoms with van der Waals surface area (Å²) in [6, 6.07) is 4.62. The van der Waals surface area contributed by atoms with Gasteiger partial charge in [-0.3, -0.25) is 4.90 Å². The predicted octanol–water partition coefficient (Wildman–Crippen LogP) is 5.27. The predicted molar refractivity (Wildman–Crippen MR) is 100 cm³/mol. The number of halogens is 3. The molecule has 0 aromatic heterocycles. The van der Waals surface area contributed by atoms with E-state index in [-0.39, 0.29) is 17.3 Å². The van der Waals surface area contributed by atoms with Gasteiger partial charge in [0.15, 0.2) is 0 Å². The number of hydrogen-bond donors (Lipinski definition) is 0. The van der Waals surface area contributed by atoms with Crippen LogP contribution in [-0.2, 0) is 4.74 Å². The lowest BCUT2D eigenvalue weighted by molar-refractivity contribution is 0.0223. The summed E-state index contributed by atoms with van der Waals surface area (Å²) >= 11 is 11.8. The fourth-order valence-electron chi connectivity index (χ4n) is 2.95. The largest absolute Gasteiger partial charge is 0.444 e. The third-order valence-electron chi connectivity index (χ3n) is 3.98. The molecule has 1 amide bonds. The van der Waals surface area contributed by atoms with Crippen LogP contribution < -0.4 is 4.90 Å². The molecular formula is C18H25Cl2FN2O2. The van der Waals surface area contributed by atoms with Crippen LogP contribution in [0.1, 0.15) is 40.0 Å². The molecule has 1 fully saturated rings. The summed E-state index contributed by atoms with van der Waals surface area (Å²) in [6.45, 7) is 6.82. The van der Waals surface area contributed by atoms with Gasteiger partial charge in [0.25, 0.3) is 0 Å². The highest BCUT2D eigenvalue weighted by atomic mass is 35.5. The number of carbonyl (C=O) groups excluding carboxylic acids is 1. The highest BCUT2D eigenvalue weighted by Crippen LogP contribution is 2.30. The van der Waals surface area contributed by atoms with Gasteiger partial charge in [0.1, 0.15) is 17.6 Å². The fourth-order valence-corrected chi connectivity index (χ4v) is 3.24. The number of carbonyl (C=O) groups is 1. The zero-order chi connectivity index (χ0) is 18.6. The van der Waals surface area contributed by atoms with E-state index >= 15 is 0 Å². The Balaban J connectivity index is 2.26. The van der Waals surface area contributed by atoms with Gasteiger partial charge in [0.05, 0.1) is 5.02 Å². The van der Waals surface area contributed by atoms with Crippen molar-refractivity contribution in [3.8, 4) is 0 Å². The van der Waals surface area contributed by atoms with Crippen LogP contribution in [0.15, 0.2) is 18.2 Å². The first-order valence-corrected chi connectivity index (χ1v) is 9.41. The topological polar surface area (TPSA) is 32.8 Å². The Morgan fingerprint density at radius 2 is 2.16 bits per heavy atom. The quantitative estimate of drug-likeness (QED) is 0.641. The van der Waals surface area contributed by atoms with E-state index in [1.54, 1.807) is 17.0 Å². The van der Waals surface area contributed by atoms with Crippen molar-refractivity contribution in [2.24, 2.45) is 0 Å². The van der Waals surface area contributed by atoms with E-state index in [0.717, 1.165) is 24.9 Å². The molecule has 0 saturated carbocycles. The monoisotopic (exact) mass is 390 g/mol. The minimum atomic E-state index is -0.551. The maximum absolute atomic E-state index is 13.5. The Morgan fingerprint density at radius 3 is 2.76 bits per heavy atom. The third kappa shape index (κ3) is 5.38. The number of ether oxygens (including phenoxy) is 1. The lowest BCUT2D eigenvalue weighted by Crippen LogP contribution is -2.49. The summed E-state index contributed by atoms with van der Waals surface area (Å²) in [4.78, 5) is 16.4. The van der Waals surface area contributed by atoms with Crippen LogP contribution in [0.2, 0.25) is 5.02 Å². The minimum Gasteiger partial charge on any atom is -0.444 e. The average Bonchev–Trinajstić information content (AvgIpc) is 2.99. The molecular weight excluding hydrogens is 366 g/mol. The van der Waals surface area contributed by atoms with Gasteiger partial charge in [0.2, 0.25) is 0 Å². The van der Waals surface area contributed by atoms with E-state index in [4.69, 9.17) is 27.9 Å². The molecule has 0 unspecified atom stereocenters. The Labute approximate surface area is 158 Å².